The van der Waals surface area contributed by atoms with Gasteiger partial charge in [-0.15, -0.1) is 17.7 Å². The molecule has 152 valence electrons. The smallest absolute Gasteiger partial charge is 0.148 e. The van der Waals surface area contributed by atoms with E-state index in [4.69, 9.17) is 23.7 Å². The maximum atomic E-state index is 5.72. The molecule has 29 heavy (non-hydrogen) atoms. The molecule has 0 radical (unpaired) electrons. The molecule has 0 saturated carbocycles. The topological polar surface area (TPSA) is 49.2 Å². The number of nitrogens with zero attached hydrogens (tertiary/aromatic N) is 1. The summed E-state index contributed by atoms with van der Waals surface area (Å²) in [5.41, 5.74) is 5.04. The Morgan fingerprint density at radius 3 is 2.21 bits per heavy atom. The van der Waals surface area contributed by atoms with Crippen molar-refractivity contribution in [3.63, 3.8) is 0 Å². The van der Waals surface area contributed by atoms with Crippen molar-refractivity contribution in [3.05, 3.63) is 75.8 Å². The van der Waals surface area contributed by atoms with Crippen LogP contribution >= 0.6 is 0 Å². The predicted octanol–water partition coefficient (Wildman–Crippen LogP) is 3.26. The SMILES string of the molecule is COC1=C[C-](OC)C2=C3C=Cc4cc(OC)c(OC)cc4[C-]3[N+](C)=CC2=C1OC. The van der Waals surface area contributed by atoms with E-state index in [2.05, 4.69) is 16.7 Å². The van der Waals surface area contributed by atoms with Gasteiger partial charge in [-0.05, 0) is 17.7 Å². The van der Waals surface area contributed by atoms with Gasteiger partial charge in [-0.3, -0.25) is 4.58 Å². The molecule has 1 aromatic rings. The Kier molecular flexibility index (Phi) is 4.80. The molecule has 2 aliphatic carbocycles. The second-order valence-electron chi connectivity index (χ2n) is 6.73. The molecule has 6 heteroatoms. The Morgan fingerprint density at radius 2 is 1.59 bits per heavy atom. The van der Waals surface area contributed by atoms with E-state index in [1.165, 1.54) is 0 Å². The molecule has 0 fully saturated rings. The molecular weight excluding hydrogens is 370 g/mol. The largest absolute Gasteiger partial charge is 0.536 e. The zero-order valence-electron chi connectivity index (χ0n) is 17.5. The molecule has 1 aliphatic heterocycles. The van der Waals surface area contributed by atoms with Crippen LogP contribution in [0.4, 0.5) is 0 Å². The summed E-state index contributed by atoms with van der Waals surface area (Å²) >= 11 is 0. The van der Waals surface area contributed by atoms with Crippen molar-refractivity contribution in [1.29, 1.82) is 0 Å². The zero-order valence-corrected chi connectivity index (χ0v) is 17.5. The van der Waals surface area contributed by atoms with E-state index in [0.29, 0.717) is 23.0 Å². The van der Waals surface area contributed by atoms with E-state index in [9.17, 15) is 0 Å². The van der Waals surface area contributed by atoms with Crippen molar-refractivity contribution in [1.82, 2.24) is 0 Å². The van der Waals surface area contributed by atoms with Crippen molar-refractivity contribution in [2.45, 2.75) is 0 Å². The molecule has 0 atom stereocenters. The van der Waals surface area contributed by atoms with Crippen LogP contribution in [0.5, 0.6) is 11.5 Å². The van der Waals surface area contributed by atoms with Gasteiger partial charge in [-0.1, -0.05) is 23.3 Å². The van der Waals surface area contributed by atoms with E-state index in [1.54, 1.807) is 35.5 Å². The minimum atomic E-state index is 0.628. The van der Waals surface area contributed by atoms with Gasteiger partial charge in [0.15, 0.2) is 0 Å². The van der Waals surface area contributed by atoms with Crippen molar-refractivity contribution < 1.29 is 28.3 Å². The normalized spacial score (nSPS) is 17.3. The van der Waals surface area contributed by atoms with Crippen molar-refractivity contribution in [3.8, 4) is 11.5 Å². The van der Waals surface area contributed by atoms with E-state index in [0.717, 1.165) is 40.0 Å². The first kappa shape index (κ1) is 19.1. The van der Waals surface area contributed by atoms with Crippen LogP contribution in [0.2, 0.25) is 0 Å². The van der Waals surface area contributed by atoms with Crippen LogP contribution in [0, 0.1) is 12.1 Å². The predicted molar refractivity (Wildman–Crippen MR) is 110 cm³/mol. The Bertz CT molecular complexity index is 1010. The average molecular weight is 394 g/mol. The van der Waals surface area contributed by atoms with Gasteiger partial charge in [0.2, 0.25) is 0 Å². The van der Waals surface area contributed by atoms with Gasteiger partial charge in [0.1, 0.15) is 24.6 Å². The van der Waals surface area contributed by atoms with Crippen LogP contribution in [0.25, 0.3) is 6.08 Å². The first-order valence-corrected chi connectivity index (χ1v) is 9.17. The molecule has 3 aliphatic rings. The summed E-state index contributed by atoms with van der Waals surface area (Å²) in [6.45, 7) is 0. The van der Waals surface area contributed by atoms with Crippen LogP contribution in [-0.2, 0) is 14.2 Å². The number of benzene rings is 1. The molecule has 6 nitrogen and oxygen atoms in total. The maximum absolute atomic E-state index is 5.72. The number of ether oxygens (including phenoxy) is 5. The molecule has 0 bridgehead atoms. The number of rotatable bonds is 5. The second kappa shape index (κ2) is 7.29. The van der Waals surface area contributed by atoms with E-state index in [1.807, 2.05) is 31.5 Å². The maximum Gasteiger partial charge on any atom is 0.148 e. The molecule has 1 aromatic carbocycles. The number of methoxy groups -OCH3 is 5. The fourth-order valence-electron chi connectivity index (χ4n) is 4.03. The van der Waals surface area contributed by atoms with Gasteiger partial charge in [-0.25, -0.2) is 0 Å². The molecule has 0 N–H and O–H groups in total. The summed E-state index contributed by atoms with van der Waals surface area (Å²) in [4.78, 5) is 0. The first-order valence-electron chi connectivity index (χ1n) is 9.17. The lowest BCUT2D eigenvalue weighted by molar-refractivity contribution is -0.465. The third-order valence-corrected chi connectivity index (χ3v) is 5.33. The second-order valence-corrected chi connectivity index (χ2v) is 6.73. The Labute approximate surface area is 171 Å². The van der Waals surface area contributed by atoms with Gasteiger partial charge in [0, 0.05) is 7.11 Å². The van der Waals surface area contributed by atoms with Crippen LogP contribution < -0.4 is 9.47 Å². The van der Waals surface area contributed by atoms with Crippen LogP contribution in [0.1, 0.15) is 11.1 Å². The summed E-state index contributed by atoms with van der Waals surface area (Å²) in [5.74, 6) is 2.69. The third-order valence-electron chi connectivity index (χ3n) is 5.33. The molecule has 4 rings (SSSR count). The number of likely N-dealkylation sites (N-methyl/N-ethyl adjacent to an activating group) is 1. The minimum absolute atomic E-state index is 0.628. The molecule has 0 spiro atoms. The number of fused-ring (bicyclic) bond motifs is 4. The molecule has 0 amide bonds. The van der Waals surface area contributed by atoms with E-state index in [-0.39, 0.29) is 0 Å². The summed E-state index contributed by atoms with van der Waals surface area (Å²) in [5, 5.41) is 0. The monoisotopic (exact) mass is 394 g/mol. The summed E-state index contributed by atoms with van der Waals surface area (Å²) in [7, 11) is 10.2. The first-order chi connectivity index (χ1) is 14.1. The van der Waals surface area contributed by atoms with Gasteiger partial charge >= 0.3 is 0 Å². The highest BCUT2D eigenvalue weighted by molar-refractivity contribution is 5.91. The Morgan fingerprint density at radius 1 is 0.862 bits per heavy atom. The van der Waals surface area contributed by atoms with Gasteiger partial charge in [0.05, 0.1) is 46.2 Å². The quantitative estimate of drug-likeness (QED) is 0.567. The zero-order chi connectivity index (χ0) is 20.7. The average Bonchev–Trinajstić information content (AvgIpc) is 2.76. The van der Waals surface area contributed by atoms with Gasteiger partial charge < -0.3 is 23.7 Å². The number of hydrogen-bond donors (Lipinski definition) is 0. The van der Waals surface area contributed by atoms with Crippen molar-refractivity contribution in [2.75, 3.05) is 42.6 Å². The molecular formula is C23H24NO5-. The van der Waals surface area contributed by atoms with Crippen LogP contribution in [0.3, 0.4) is 0 Å². The fraction of sp³-hybridized carbons (Fsp3) is 0.261. The minimum Gasteiger partial charge on any atom is -0.536 e. The Hall–Kier alpha value is -3.25. The standard InChI is InChI=1S/C23H24NO5/c1-24-12-16-21(19(27-4)11-20(28-5)23(16)29-6)14-8-7-13-9-17(25-2)18(26-3)10-15(13)22(14)24/h7-12H,1-6H3/q-1. The molecule has 0 unspecified atom stereocenters. The van der Waals surface area contributed by atoms with Crippen molar-refractivity contribution in [2.24, 2.45) is 0 Å². The summed E-state index contributed by atoms with van der Waals surface area (Å²) in [6.07, 6.45) is 8.80. The summed E-state index contributed by atoms with van der Waals surface area (Å²) in [6, 6.07) is 5.06. The highest BCUT2D eigenvalue weighted by atomic mass is 16.5. The van der Waals surface area contributed by atoms with Crippen LogP contribution in [-0.4, -0.2) is 53.4 Å². The van der Waals surface area contributed by atoms with Crippen LogP contribution in [0.15, 0.2) is 52.5 Å². The number of hydrogen-bond acceptors (Lipinski definition) is 5. The Balaban J connectivity index is 1.96. The lowest BCUT2D eigenvalue weighted by Gasteiger charge is -2.43. The summed E-state index contributed by atoms with van der Waals surface area (Å²) < 4.78 is 30.0. The van der Waals surface area contributed by atoms with Crippen molar-refractivity contribution >= 4 is 12.3 Å². The van der Waals surface area contributed by atoms with Gasteiger partial charge in [-0.2, -0.15) is 5.57 Å². The van der Waals surface area contributed by atoms with E-state index < -0.39 is 0 Å². The molecule has 1 heterocycles. The highest BCUT2D eigenvalue weighted by Crippen LogP contribution is 2.47. The highest BCUT2D eigenvalue weighted by Gasteiger charge is 2.32. The lowest BCUT2D eigenvalue weighted by Crippen LogP contribution is -2.31. The van der Waals surface area contributed by atoms with Gasteiger partial charge in [0.25, 0.3) is 0 Å². The van der Waals surface area contributed by atoms with E-state index >= 15 is 0 Å². The lowest BCUT2D eigenvalue weighted by atomic mass is 9.78. The molecule has 0 saturated heterocycles. The third kappa shape index (κ3) is 2.79. The molecule has 0 aromatic heterocycles. The fourth-order valence-corrected chi connectivity index (χ4v) is 4.03.